The third-order valence-corrected chi connectivity index (χ3v) is 9.58. The third kappa shape index (κ3) is 3.77. The van der Waals surface area contributed by atoms with Crippen LogP contribution in [0.2, 0.25) is 18.1 Å². The van der Waals surface area contributed by atoms with Crippen LogP contribution in [0.4, 0.5) is 4.39 Å². The van der Waals surface area contributed by atoms with E-state index in [-0.39, 0.29) is 10.9 Å². The van der Waals surface area contributed by atoms with Crippen molar-refractivity contribution in [1.29, 1.82) is 0 Å². The Bertz CT molecular complexity index is 522. The highest BCUT2D eigenvalue weighted by molar-refractivity contribution is 9.10. The quantitative estimate of drug-likeness (QED) is 0.650. The molecule has 0 fully saturated rings. The maximum absolute atomic E-state index is 13.4. The van der Waals surface area contributed by atoms with Crippen LogP contribution in [-0.2, 0) is 6.42 Å². The molecule has 0 spiro atoms. The Morgan fingerprint density at radius 1 is 1.38 bits per heavy atom. The van der Waals surface area contributed by atoms with Crippen molar-refractivity contribution in [3.8, 4) is 0 Å². The first kappa shape index (κ1) is 17.2. The second kappa shape index (κ2) is 6.13. The third-order valence-electron chi connectivity index (χ3n) is 5.36. The molecule has 0 saturated carbocycles. The lowest BCUT2D eigenvalue weighted by atomic mass is 9.93. The van der Waals surface area contributed by atoms with Crippen molar-refractivity contribution in [1.82, 2.24) is 0 Å². The average molecular weight is 373 g/mol. The number of fused-ring (bicyclic) bond motifs is 1. The minimum atomic E-state index is -2.11. The SMILES string of the molecule is CC(C)(CCCC1CCc2cc(F)cc(Br)c21)[Si](C)(C)O. The predicted octanol–water partition coefficient (Wildman–Crippen LogP) is 5.77. The maximum atomic E-state index is 13.4. The minimum absolute atomic E-state index is 0.0501. The molecule has 1 atom stereocenters. The molecule has 0 bridgehead atoms. The van der Waals surface area contributed by atoms with Gasteiger partial charge in [0.1, 0.15) is 5.82 Å². The molecule has 0 saturated heterocycles. The minimum Gasteiger partial charge on any atom is -0.432 e. The maximum Gasteiger partial charge on any atom is 0.188 e. The summed E-state index contributed by atoms with van der Waals surface area (Å²) in [6.07, 6.45) is 5.42. The fourth-order valence-electron chi connectivity index (χ4n) is 3.16. The molecule has 118 valence electrons. The smallest absolute Gasteiger partial charge is 0.188 e. The zero-order chi connectivity index (χ0) is 15.8. The van der Waals surface area contributed by atoms with Gasteiger partial charge < -0.3 is 4.80 Å². The van der Waals surface area contributed by atoms with Crippen LogP contribution in [0.3, 0.4) is 0 Å². The van der Waals surface area contributed by atoms with Gasteiger partial charge >= 0.3 is 0 Å². The van der Waals surface area contributed by atoms with Crippen molar-refractivity contribution in [2.45, 2.75) is 70.0 Å². The van der Waals surface area contributed by atoms with Gasteiger partial charge in [0.25, 0.3) is 0 Å². The van der Waals surface area contributed by atoms with E-state index >= 15 is 0 Å². The van der Waals surface area contributed by atoms with E-state index in [9.17, 15) is 9.19 Å². The largest absolute Gasteiger partial charge is 0.432 e. The molecule has 4 heteroatoms. The van der Waals surface area contributed by atoms with Crippen LogP contribution in [-0.4, -0.2) is 13.1 Å². The molecular formula is C17H26BrFOSi. The Balaban J connectivity index is 1.99. The monoisotopic (exact) mass is 372 g/mol. The van der Waals surface area contributed by atoms with E-state index in [1.165, 1.54) is 11.1 Å². The average Bonchev–Trinajstić information content (AvgIpc) is 2.70. The summed E-state index contributed by atoms with van der Waals surface area (Å²) < 4.78 is 14.4. The van der Waals surface area contributed by atoms with Crippen molar-refractivity contribution in [2.24, 2.45) is 0 Å². The molecule has 2 rings (SSSR count). The fraction of sp³-hybridized carbons (Fsp3) is 0.647. The van der Waals surface area contributed by atoms with Crippen LogP contribution in [0.5, 0.6) is 0 Å². The van der Waals surface area contributed by atoms with E-state index in [0.717, 1.165) is 36.6 Å². The standard InChI is InChI=1S/C17H26BrFOSi/c1-17(2,21(3,4)20)9-5-6-12-7-8-13-10-14(19)11-15(18)16(12)13/h10-12,20H,5-9H2,1-4H3. The van der Waals surface area contributed by atoms with Crippen LogP contribution in [0, 0.1) is 5.82 Å². The van der Waals surface area contributed by atoms with E-state index in [0.29, 0.717) is 5.92 Å². The fourth-order valence-corrected chi connectivity index (χ4v) is 4.75. The Labute approximate surface area is 137 Å². The van der Waals surface area contributed by atoms with Gasteiger partial charge in [0.2, 0.25) is 0 Å². The van der Waals surface area contributed by atoms with Gasteiger partial charge in [0, 0.05) is 4.47 Å². The van der Waals surface area contributed by atoms with E-state index in [1.54, 1.807) is 12.1 Å². The van der Waals surface area contributed by atoms with Crippen LogP contribution in [0.25, 0.3) is 0 Å². The van der Waals surface area contributed by atoms with E-state index in [4.69, 9.17) is 0 Å². The first-order valence-electron chi connectivity index (χ1n) is 7.82. The number of halogens is 2. The Morgan fingerprint density at radius 3 is 2.67 bits per heavy atom. The number of rotatable bonds is 5. The molecular weight excluding hydrogens is 347 g/mol. The van der Waals surface area contributed by atoms with Crippen molar-refractivity contribution < 1.29 is 9.19 Å². The number of aryl methyl sites for hydroxylation is 1. The van der Waals surface area contributed by atoms with Gasteiger partial charge in [-0.15, -0.1) is 0 Å². The lowest BCUT2D eigenvalue weighted by Crippen LogP contribution is -2.38. The zero-order valence-corrected chi connectivity index (χ0v) is 16.1. The highest BCUT2D eigenvalue weighted by atomic mass is 79.9. The Kier molecular flexibility index (Phi) is 5.01. The van der Waals surface area contributed by atoms with E-state index < -0.39 is 8.32 Å². The molecule has 1 aliphatic carbocycles. The highest BCUT2D eigenvalue weighted by Gasteiger charge is 2.37. The number of hydrogen-bond donors (Lipinski definition) is 1. The van der Waals surface area contributed by atoms with Crippen molar-refractivity contribution in [2.75, 3.05) is 0 Å². The van der Waals surface area contributed by atoms with Gasteiger partial charge in [-0.2, -0.15) is 0 Å². The van der Waals surface area contributed by atoms with Crippen LogP contribution in [0.15, 0.2) is 16.6 Å². The molecule has 1 N–H and O–H groups in total. The Morgan fingerprint density at radius 2 is 2.05 bits per heavy atom. The van der Waals surface area contributed by atoms with Crippen LogP contribution in [0.1, 0.15) is 56.6 Å². The topological polar surface area (TPSA) is 20.2 Å². The van der Waals surface area contributed by atoms with Gasteiger partial charge in [-0.3, -0.25) is 0 Å². The van der Waals surface area contributed by atoms with Crippen LogP contribution < -0.4 is 0 Å². The summed E-state index contributed by atoms with van der Waals surface area (Å²) in [4.78, 5) is 10.4. The molecule has 1 aromatic rings. The molecule has 0 heterocycles. The van der Waals surface area contributed by atoms with E-state index in [2.05, 4.69) is 29.8 Å². The normalized spacial score (nSPS) is 18.9. The lowest BCUT2D eigenvalue weighted by molar-refractivity contribution is 0.428. The zero-order valence-electron chi connectivity index (χ0n) is 13.5. The lowest BCUT2D eigenvalue weighted by Gasteiger charge is -2.35. The summed E-state index contributed by atoms with van der Waals surface area (Å²) in [5, 5.41) is 0.0501. The predicted molar refractivity (Wildman–Crippen MR) is 92.8 cm³/mol. The van der Waals surface area contributed by atoms with Gasteiger partial charge in [0.05, 0.1) is 0 Å². The molecule has 1 nitrogen and oxygen atoms in total. The van der Waals surface area contributed by atoms with Crippen molar-refractivity contribution >= 4 is 24.2 Å². The number of hydrogen-bond acceptors (Lipinski definition) is 1. The second-order valence-corrected chi connectivity index (χ2v) is 12.9. The van der Waals surface area contributed by atoms with Gasteiger partial charge in [0.15, 0.2) is 8.32 Å². The molecule has 21 heavy (non-hydrogen) atoms. The van der Waals surface area contributed by atoms with Gasteiger partial charge in [-0.25, -0.2) is 4.39 Å². The van der Waals surface area contributed by atoms with Gasteiger partial charge in [-0.1, -0.05) is 36.2 Å². The molecule has 1 aromatic carbocycles. The summed E-state index contributed by atoms with van der Waals surface area (Å²) in [7, 11) is -2.11. The molecule has 1 aliphatic rings. The first-order chi connectivity index (χ1) is 9.62. The summed E-state index contributed by atoms with van der Waals surface area (Å²) >= 11 is 3.53. The second-order valence-electron chi connectivity index (χ2n) is 7.53. The number of benzene rings is 1. The summed E-state index contributed by atoms with van der Waals surface area (Å²) in [6, 6.07) is 3.28. The summed E-state index contributed by atoms with van der Waals surface area (Å²) in [5.74, 6) is 0.393. The molecule has 0 aliphatic heterocycles. The molecule has 0 amide bonds. The molecule has 1 unspecified atom stereocenters. The van der Waals surface area contributed by atoms with Crippen LogP contribution >= 0.6 is 15.9 Å². The molecule has 0 radical (unpaired) electrons. The van der Waals surface area contributed by atoms with Crippen molar-refractivity contribution in [3.05, 3.63) is 33.5 Å². The summed E-state index contributed by atoms with van der Waals surface area (Å²) in [5.41, 5.74) is 2.48. The van der Waals surface area contributed by atoms with Crippen molar-refractivity contribution in [3.63, 3.8) is 0 Å². The summed E-state index contributed by atoms with van der Waals surface area (Å²) in [6.45, 7) is 8.43. The Hall–Kier alpha value is -0.193. The van der Waals surface area contributed by atoms with Gasteiger partial charge in [-0.05, 0) is 73.0 Å². The van der Waals surface area contributed by atoms with E-state index in [1.807, 2.05) is 13.1 Å². The first-order valence-corrected chi connectivity index (χ1v) is 11.6. The highest BCUT2D eigenvalue weighted by Crippen LogP contribution is 2.44. The molecule has 0 aromatic heterocycles.